The van der Waals surface area contributed by atoms with E-state index < -0.39 is 0 Å². The first-order valence-corrected chi connectivity index (χ1v) is 7.38. The number of hydrogen-bond donors (Lipinski definition) is 1. The van der Waals surface area contributed by atoms with Crippen molar-refractivity contribution in [1.82, 2.24) is 0 Å². The van der Waals surface area contributed by atoms with Gasteiger partial charge in [-0.1, -0.05) is 45.0 Å². The molecule has 112 valence electrons. The molecule has 0 saturated heterocycles. The molecule has 0 aromatic heterocycles. The number of aryl methyl sites for hydroxylation is 1. The highest BCUT2D eigenvalue weighted by Crippen LogP contribution is 2.24. The number of anilines is 1. The van der Waals surface area contributed by atoms with Crippen molar-refractivity contribution in [2.75, 3.05) is 12.4 Å². The van der Waals surface area contributed by atoms with E-state index >= 15 is 0 Å². The summed E-state index contributed by atoms with van der Waals surface area (Å²) in [6, 6.07) is 15.0. The molecule has 0 radical (unpaired) electrons. The lowest BCUT2D eigenvalue weighted by Gasteiger charge is -2.19. The minimum absolute atomic E-state index is 0.207. The summed E-state index contributed by atoms with van der Waals surface area (Å²) < 4.78 is 5.28. The van der Waals surface area contributed by atoms with E-state index in [0.717, 1.165) is 23.5 Å². The van der Waals surface area contributed by atoms with Crippen molar-refractivity contribution < 1.29 is 4.74 Å². The van der Waals surface area contributed by atoms with Gasteiger partial charge in [0.15, 0.2) is 0 Å². The Balaban J connectivity index is 2.01. The van der Waals surface area contributed by atoms with Crippen LogP contribution in [0.5, 0.6) is 5.75 Å². The summed E-state index contributed by atoms with van der Waals surface area (Å²) in [6.07, 6.45) is 0. The molecule has 0 aliphatic heterocycles. The van der Waals surface area contributed by atoms with Gasteiger partial charge in [-0.3, -0.25) is 0 Å². The second-order valence-corrected chi connectivity index (χ2v) is 6.48. The summed E-state index contributed by atoms with van der Waals surface area (Å²) >= 11 is 0. The van der Waals surface area contributed by atoms with Gasteiger partial charge in [-0.2, -0.15) is 0 Å². The van der Waals surface area contributed by atoms with Crippen LogP contribution in [0.1, 0.15) is 37.5 Å². The Morgan fingerprint density at radius 1 is 1.00 bits per heavy atom. The molecule has 0 heterocycles. The first-order valence-electron chi connectivity index (χ1n) is 7.38. The van der Waals surface area contributed by atoms with Crippen molar-refractivity contribution >= 4 is 5.69 Å². The van der Waals surface area contributed by atoms with Gasteiger partial charge in [0.05, 0.1) is 7.11 Å². The van der Waals surface area contributed by atoms with Crippen LogP contribution in [0.25, 0.3) is 0 Å². The molecule has 2 nitrogen and oxygen atoms in total. The summed E-state index contributed by atoms with van der Waals surface area (Å²) in [7, 11) is 1.70. The molecule has 2 rings (SSSR count). The van der Waals surface area contributed by atoms with Gasteiger partial charge < -0.3 is 10.1 Å². The molecule has 0 bridgehead atoms. The van der Waals surface area contributed by atoms with E-state index in [2.05, 4.69) is 69.4 Å². The first-order chi connectivity index (χ1) is 9.90. The van der Waals surface area contributed by atoms with Crippen LogP contribution in [0.15, 0.2) is 42.5 Å². The van der Waals surface area contributed by atoms with Crippen molar-refractivity contribution in [1.29, 1.82) is 0 Å². The highest BCUT2D eigenvalue weighted by Gasteiger charge is 2.12. The third-order valence-corrected chi connectivity index (χ3v) is 3.71. The van der Waals surface area contributed by atoms with E-state index in [1.807, 2.05) is 6.07 Å². The smallest absolute Gasteiger partial charge is 0.121 e. The van der Waals surface area contributed by atoms with E-state index in [1.54, 1.807) is 7.11 Å². The van der Waals surface area contributed by atoms with Crippen molar-refractivity contribution in [2.24, 2.45) is 0 Å². The number of rotatable bonds is 4. The Labute approximate surface area is 128 Å². The Bertz CT molecular complexity index is 594. The van der Waals surface area contributed by atoms with E-state index in [-0.39, 0.29) is 5.41 Å². The van der Waals surface area contributed by atoms with Crippen molar-refractivity contribution in [2.45, 2.75) is 39.7 Å². The van der Waals surface area contributed by atoms with E-state index in [0.29, 0.717) is 0 Å². The molecule has 2 aromatic carbocycles. The van der Waals surface area contributed by atoms with Crippen molar-refractivity contribution in [3.05, 3.63) is 59.2 Å². The Morgan fingerprint density at radius 2 is 1.67 bits per heavy atom. The molecule has 2 aromatic rings. The van der Waals surface area contributed by atoms with Crippen LogP contribution in [0.2, 0.25) is 0 Å². The van der Waals surface area contributed by atoms with Gasteiger partial charge in [0.25, 0.3) is 0 Å². The molecule has 21 heavy (non-hydrogen) atoms. The highest BCUT2D eigenvalue weighted by molar-refractivity contribution is 5.51. The number of methoxy groups -OCH3 is 1. The van der Waals surface area contributed by atoms with Gasteiger partial charge in [0.2, 0.25) is 0 Å². The average Bonchev–Trinajstić information content (AvgIpc) is 2.45. The maximum Gasteiger partial charge on any atom is 0.121 e. The number of ether oxygens (including phenoxy) is 1. The van der Waals surface area contributed by atoms with Crippen LogP contribution < -0.4 is 10.1 Å². The summed E-state index contributed by atoms with van der Waals surface area (Å²) in [4.78, 5) is 0. The molecule has 1 N–H and O–H groups in total. The Kier molecular flexibility index (Phi) is 4.56. The molecule has 0 amide bonds. The van der Waals surface area contributed by atoms with Crippen LogP contribution in [0.4, 0.5) is 5.69 Å². The molecule has 0 aliphatic carbocycles. The molecule has 2 heteroatoms. The minimum Gasteiger partial charge on any atom is -0.496 e. The summed E-state index contributed by atoms with van der Waals surface area (Å²) in [5.41, 5.74) is 5.13. The van der Waals surface area contributed by atoms with E-state index in [1.165, 1.54) is 11.1 Å². The Hall–Kier alpha value is -1.96. The maximum absolute atomic E-state index is 5.28. The lowest BCUT2D eigenvalue weighted by atomic mass is 9.87. The third kappa shape index (κ3) is 4.01. The zero-order valence-corrected chi connectivity index (χ0v) is 13.7. The lowest BCUT2D eigenvalue weighted by molar-refractivity contribution is 0.412. The fourth-order valence-corrected chi connectivity index (χ4v) is 2.32. The normalized spacial score (nSPS) is 11.3. The monoisotopic (exact) mass is 283 g/mol. The zero-order chi connectivity index (χ0) is 15.5. The first kappa shape index (κ1) is 15.4. The zero-order valence-electron chi connectivity index (χ0n) is 13.7. The third-order valence-electron chi connectivity index (χ3n) is 3.71. The predicted molar refractivity (Wildman–Crippen MR) is 90.2 cm³/mol. The fourth-order valence-electron chi connectivity index (χ4n) is 2.32. The van der Waals surface area contributed by atoms with Crippen LogP contribution in [-0.2, 0) is 12.0 Å². The summed E-state index contributed by atoms with van der Waals surface area (Å²) in [5, 5.41) is 3.46. The van der Waals surface area contributed by atoms with Gasteiger partial charge >= 0.3 is 0 Å². The second kappa shape index (κ2) is 6.21. The van der Waals surface area contributed by atoms with Crippen LogP contribution in [-0.4, -0.2) is 7.11 Å². The molecule has 0 unspecified atom stereocenters. The molecule has 0 saturated carbocycles. The van der Waals surface area contributed by atoms with Gasteiger partial charge in [-0.25, -0.2) is 0 Å². The van der Waals surface area contributed by atoms with Crippen molar-refractivity contribution in [3.8, 4) is 5.75 Å². The van der Waals surface area contributed by atoms with E-state index in [9.17, 15) is 0 Å². The van der Waals surface area contributed by atoms with Crippen LogP contribution in [0.3, 0.4) is 0 Å². The number of hydrogen-bond acceptors (Lipinski definition) is 2. The van der Waals surface area contributed by atoms with Crippen LogP contribution in [0, 0.1) is 6.92 Å². The molecule has 0 spiro atoms. The highest BCUT2D eigenvalue weighted by atomic mass is 16.5. The largest absolute Gasteiger partial charge is 0.496 e. The van der Waals surface area contributed by atoms with Gasteiger partial charge in [-0.05, 0) is 47.2 Å². The van der Waals surface area contributed by atoms with E-state index in [4.69, 9.17) is 4.74 Å². The topological polar surface area (TPSA) is 21.3 Å². The fraction of sp³-hybridized carbons (Fsp3) is 0.368. The standard InChI is InChI=1S/C19H25NO/c1-14-12-17(10-11-18(14)21-5)20-13-15-6-8-16(9-7-15)19(2,3)4/h6-12,20H,13H2,1-5H3. The molecular formula is C19H25NO. The summed E-state index contributed by atoms with van der Waals surface area (Å²) in [6.45, 7) is 9.60. The van der Waals surface area contributed by atoms with Crippen LogP contribution >= 0.6 is 0 Å². The Morgan fingerprint density at radius 3 is 2.19 bits per heavy atom. The number of benzene rings is 2. The second-order valence-electron chi connectivity index (χ2n) is 6.48. The molecule has 0 atom stereocenters. The maximum atomic E-state index is 5.28. The minimum atomic E-state index is 0.207. The molecule has 0 fully saturated rings. The predicted octanol–water partition coefficient (Wildman–Crippen LogP) is 4.91. The van der Waals surface area contributed by atoms with Gasteiger partial charge in [0, 0.05) is 12.2 Å². The number of nitrogens with one attached hydrogen (secondary N) is 1. The summed E-state index contributed by atoms with van der Waals surface area (Å²) in [5.74, 6) is 0.926. The van der Waals surface area contributed by atoms with Gasteiger partial charge in [0.1, 0.15) is 5.75 Å². The van der Waals surface area contributed by atoms with Gasteiger partial charge in [-0.15, -0.1) is 0 Å². The lowest BCUT2D eigenvalue weighted by Crippen LogP contribution is -2.11. The molecular weight excluding hydrogens is 258 g/mol. The van der Waals surface area contributed by atoms with Crippen molar-refractivity contribution in [3.63, 3.8) is 0 Å². The average molecular weight is 283 g/mol. The quantitative estimate of drug-likeness (QED) is 0.860. The SMILES string of the molecule is COc1ccc(NCc2ccc(C(C)(C)C)cc2)cc1C. The molecule has 0 aliphatic rings.